The van der Waals surface area contributed by atoms with Gasteiger partial charge in [0.05, 0.1) is 18.9 Å². The van der Waals surface area contributed by atoms with Crippen molar-refractivity contribution in [3.63, 3.8) is 0 Å². The van der Waals surface area contributed by atoms with Crippen molar-refractivity contribution in [2.24, 2.45) is 0 Å². The number of carbonyl (C=O) groups is 1. The van der Waals surface area contributed by atoms with Crippen molar-refractivity contribution in [2.45, 2.75) is 24.9 Å². The maximum atomic E-state index is 14.2. The maximum Gasteiger partial charge on any atom is 0.340 e. The zero-order chi connectivity index (χ0) is 20.0. The molecule has 1 saturated heterocycles. The molecule has 2 aliphatic heterocycles. The van der Waals surface area contributed by atoms with Gasteiger partial charge in [-0.3, -0.25) is 14.2 Å². The molecule has 1 aromatic heterocycles. The van der Waals surface area contributed by atoms with E-state index in [1.165, 1.54) is 18.2 Å². The third kappa shape index (κ3) is 2.89. The predicted molar refractivity (Wildman–Crippen MR) is 88.8 cm³/mol. The van der Waals surface area contributed by atoms with Crippen LogP contribution in [0.15, 0.2) is 34.0 Å². The summed E-state index contributed by atoms with van der Waals surface area (Å²) >= 11 is 0. The summed E-state index contributed by atoms with van der Waals surface area (Å²) in [5, 5.41) is 19.0. The lowest BCUT2D eigenvalue weighted by atomic mass is 10.2. The lowest BCUT2D eigenvalue weighted by Gasteiger charge is -2.16. The number of aliphatic hydroxyl groups excluding tert-OH is 2. The van der Waals surface area contributed by atoms with Crippen LogP contribution in [-0.4, -0.2) is 50.9 Å². The standard InChI is InChI=1S/C17H15FN2O8/c18-9-5-19(14-4-10(22)13(6-21)28-14)17(25)20(16(9)24)15(23)8-1-2-11-12(3-8)27-7-26-11/h1-3,5,10,13-14,21-22H,4,6-7H2/t10-,13+,14+/m0/s1. The van der Waals surface area contributed by atoms with Gasteiger partial charge in [-0.1, -0.05) is 0 Å². The van der Waals surface area contributed by atoms with Gasteiger partial charge >= 0.3 is 5.69 Å². The number of aliphatic hydroxyl groups is 2. The minimum atomic E-state index is -1.42. The Bertz CT molecular complexity index is 1060. The Morgan fingerprint density at radius 2 is 2.00 bits per heavy atom. The van der Waals surface area contributed by atoms with Crippen LogP contribution < -0.4 is 20.7 Å². The van der Waals surface area contributed by atoms with E-state index in [2.05, 4.69) is 0 Å². The van der Waals surface area contributed by atoms with E-state index in [1.54, 1.807) is 0 Å². The maximum absolute atomic E-state index is 14.2. The largest absolute Gasteiger partial charge is 0.454 e. The van der Waals surface area contributed by atoms with E-state index >= 15 is 0 Å². The number of fused-ring (bicyclic) bond motifs is 1. The first kappa shape index (κ1) is 18.3. The number of hydrogen-bond donors (Lipinski definition) is 2. The molecule has 11 heteroatoms. The van der Waals surface area contributed by atoms with Crippen LogP contribution in [0.5, 0.6) is 11.5 Å². The molecule has 10 nitrogen and oxygen atoms in total. The van der Waals surface area contributed by atoms with Gasteiger partial charge < -0.3 is 24.4 Å². The van der Waals surface area contributed by atoms with E-state index in [0.717, 1.165) is 0 Å². The number of carbonyl (C=O) groups excluding carboxylic acids is 1. The third-order valence-electron chi connectivity index (χ3n) is 4.59. The molecule has 1 fully saturated rings. The molecule has 4 rings (SSSR count). The summed E-state index contributed by atoms with van der Waals surface area (Å²) in [6.07, 6.45) is -2.71. The number of nitrogens with zero attached hydrogens (tertiary/aromatic N) is 2. The van der Waals surface area contributed by atoms with E-state index < -0.39 is 48.0 Å². The number of halogens is 1. The summed E-state index contributed by atoms with van der Waals surface area (Å²) in [7, 11) is 0. The molecule has 3 atom stereocenters. The summed E-state index contributed by atoms with van der Waals surface area (Å²) in [6.45, 7) is -0.544. The van der Waals surface area contributed by atoms with Gasteiger partial charge in [-0.05, 0) is 18.2 Å². The van der Waals surface area contributed by atoms with E-state index in [0.29, 0.717) is 16.5 Å². The summed E-state index contributed by atoms with van der Waals surface area (Å²) in [5.74, 6) is -1.76. The zero-order valence-corrected chi connectivity index (χ0v) is 14.3. The molecule has 0 radical (unpaired) electrons. The van der Waals surface area contributed by atoms with E-state index in [1.807, 2.05) is 0 Å². The molecular weight excluding hydrogens is 379 g/mol. The van der Waals surface area contributed by atoms with Crippen molar-refractivity contribution in [1.29, 1.82) is 0 Å². The Labute approximate surface area is 155 Å². The van der Waals surface area contributed by atoms with Crippen LogP contribution in [0, 0.1) is 5.82 Å². The molecule has 0 saturated carbocycles. The fraction of sp³-hybridized carbons (Fsp3) is 0.353. The van der Waals surface area contributed by atoms with Crippen LogP contribution in [0.2, 0.25) is 0 Å². The van der Waals surface area contributed by atoms with Crippen LogP contribution in [0.25, 0.3) is 0 Å². The molecule has 2 N–H and O–H groups in total. The topological polar surface area (TPSA) is 129 Å². The molecule has 0 unspecified atom stereocenters. The van der Waals surface area contributed by atoms with Gasteiger partial charge in [0.1, 0.15) is 12.3 Å². The highest BCUT2D eigenvalue weighted by Crippen LogP contribution is 2.32. The van der Waals surface area contributed by atoms with Crippen LogP contribution in [-0.2, 0) is 4.74 Å². The van der Waals surface area contributed by atoms with Crippen LogP contribution in [0.1, 0.15) is 23.0 Å². The summed E-state index contributed by atoms with van der Waals surface area (Å²) in [4.78, 5) is 37.6. The molecule has 2 aliphatic rings. The predicted octanol–water partition coefficient (Wildman–Crippen LogP) is -0.793. The lowest BCUT2D eigenvalue weighted by molar-refractivity contribution is -0.0465. The monoisotopic (exact) mass is 394 g/mol. The second-order valence-electron chi connectivity index (χ2n) is 6.30. The minimum absolute atomic E-state index is 0.0347. The highest BCUT2D eigenvalue weighted by Gasteiger charge is 2.36. The third-order valence-corrected chi connectivity index (χ3v) is 4.59. The SMILES string of the molecule is O=C(c1ccc2c(c1)OCO2)n1c(=O)c(F)cn([C@H]2C[C@H](O)[C@@H](CO)O2)c1=O. The first-order chi connectivity index (χ1) is 13.4. The van der Waals surface area contributed by atoms with Crippen molar-refractivity contribution in [2.75, 3.05) is 13.4 Å². The van der Waals surface area contributed by atoms with Crippen molar-refractivity contribution < 1.29 is 33.6 Å². The summed E-state index contributed by atoms with van der Waals surface area (Å²) in [5.41, 5.74) is -2.63. The van der Waals surface area contributed by atoms with Crippen molar-refractivity contribution >= 4 is 5.91 Å². The summed E-state index contributed by atoms with van der Waals surface area (Å²) < 4.78 is 30.7. The first-order valence-electron chi connectivity index (χ1n) is 8.33. The molecule has 0 aliphatic carbocycles. The highest BCUT2D eigenvalue weighted by molar-refractivity contribution is 5.96. The Morgan fingerprint density at radius 1 is 1.25 bits per heavy atom. The summed E-state index contributed by atoms with van der Waals surface area (Å²) in [6, 6.07) is 4.03. The van der Waals surface area contributed by atoms with E-state index in [4.69, 9.17) is 19.3 Å². The van der Waals surface area contributed by atoms with Crippen LogP contribution >= 0.6 is 0 Å². The van der Waals surface area contributed by atoms with Gasteiger partial charge in [-0.25, -0.2) is 4.79 Å². The fourth-order valence-electron chi connectivity index (χ4n) is 3.14. The lowest BCUT2D eigenvalue weighted by Crippen LogP contribution is -2.46. The van der Waals surface area contributed by atoms with Gasteiger partial charge in [0, 0.05) is 12.0 Å². The van der Waals surface area contributed by atoms with Crippen molar-refractivity contribution in [3.05, 3.63) is 56.6 Å². The molecule has 1 aromatic carbocycles. The average molecular weight is 394 g/mol. The number of aromatic nitrogens is 2. The molecule has 2 aromatic rings. The fourth-order valence-corrected chi connectivity index (χ4v) is 3.14. The number of hydrogen-bond acceptors (Lipinski definition) is 8. The van der Waals surface area contributed by atoms with Crippen molar-refractivity contribution in [3.8, 4) is 11.5 Å². The molecule has 148 valence electrons. The van der Waals surface area contributed by atoms with Crippen molar-refractivity contribution in [1.82, 2.24) is 9.13 Å². The molecular formula is C17H15FN2O8. The highest BCUT2D eigenvalue weighted by atomic mass is 19.1. The Kier molecular flexibility index (Phi) is 4.49. The molecule has 28 heavy (non-hydrogen) atoms. The second-order valence-corrected chi connectivity index (χ2v) is 6.30. The van der Waals surface area contributed by atoms with Crippen LogP contribution in [0.4, 0.5) is 4.39 Å². The van der Waals surface area contributed by atoms with Gasteiger partial charge in [-0.2, -0.15) is 8.96 Å². The molecule has 0 amide bonds. The zero-order valence-electron chi connectivity index (χ0n) is 14.3. The molecule has 0 bridgehead atoms. The number of ether oxygens (including phenoxy) is 3. The Balaban J connectivity index is 1.77. The molecule has 0 spiro atoms. The van der Waals surface area contributed by atoms with Gasteiger partial charge in [-0.15, -0.1) is 0 Å². The average Bonchev–Trinajstić information content (AvgIpc) is 3.30. The van der Waals surface area contributed by atoms with Crippen LogP contribution in [0.3, 0.4) is 0 Å². The van der Waals surface area contributed by atoms with E-state index in [9.17, 15) is 23.9 Å². The minimum Gasteiger partial charge on any atom is -0.454 e. The Morgan fingerprint density at radius 3 is 2.71 bits per heavy atom. The first-order valence-corrected chi connectivity index (χ1v) is 8.33. The quantitative estimate of drug-likeness (QED) is 0.693. The van der Waals surface area contributed by atoms with Gasteiger partial charge in [0.25, 0.3) is 11.5 Å². The van der Waals surface area contributed by atoms with Gasteiger partial charge in [0.15, 0.2) is 11.5 Å². The Hall–Kier alpha value is -3.02. The molecule has 3 heterocycles. The smallest absolute Gasteiger partial charge is 0.340 e. The van der Waals surface area contributed by atoms with Gasteiger partial charge in [0.2, 0.25) is 12.6 Å². The second kappa shape index (κ2) is 6.86. The number of rotatable bonds is 3. The van der Waals surface area contributed by atoms with E-state index in [-0.39, 0.29) is 29.1 Å². The normalized spacial score (nSPS) is 23.2. The number of benzene rings is 1.